The van der Waals surface area contributed by atoms with Crippen molar-refractivity contribution in [3.63, 3.8) is 0 Å². The first kappa shape index (κ1) is 19.7. The Labute approximate surface area is 174 Å². The molecule has 0 spiro atoms. The average Bonchev–Trinajstić information content (AvgIpc) is 3.22. The molecule has 0 fully saturated rings. The largest absolute Gasteiger partial charge is 0.445 e. The second-order valence-electron chi connectivity index (χ2n) is 6.97. The number of nitrogens with zero attached hydrogens (tertiary/aromatic N) is 1. The lowest BCUT2D eigenvalue weighted by Gasteiger charge is -2.22. The minimum absolute atomic E-state index is 0.143. The molecule has 0 saturated carbocycles. The Kier molecular flexibility index (Phi) is 6.06. The summed E-state index contributed by atoms with van der Waals surface area (Å²) in [7, 11) is 0. The highest BCUT2D eigenvalue weighted by Gasteiger charge is 2.28. The van der Waals surface area contributed by atoms with E-state index in [0.717, 1.165) is 11.1 Å². The minimum atomic E-state index is -1.14. The number of carbonyl (C=O) groups excluding carboxylic acids is 1. The lowest BCUT2D eigenvalue weighted by Crippen LogP contribution is -2.41. The summed E-state index contributed by atoms with van der Waals surface area (Å²) >= 11 is 0. The molecule has 4 rings (SSSR count). The molecule has 1 amide bonds. The molecular formula is C24H22N2O4. The summed E-state index contributed by atoms with van der Waals surface area (Å²) in [5, 5.41) is 13.7. The van der Waals surface area contributed by atoms with Gasteiger partial charge in [0.25, 0.3) is 0 Å². The fraction of sp³-hybridized carbons (Fsp3) is 0.167. The molecule has 30 heavy (non-hydrogen) atoms. The summed E-state index contributed by atoms with van der Waals surface area (Å²) in [5.74, 6) is 0.153. The molecule has 2 atom stereocenters. The van der Waals surface area contributed by atoms with E-state index in [4.69, 9.17) is 9.15 Å². The minimum Gasteiger partial charge on any atom is -0.445 e. The van der Waals surface area contributed by atoms with Crippen LogP contribution in [0.15, 0.2) is 89.3 Å². The molecule has 6 heteroatoms. The lowest BCUT2D eigenvalue weighted by molar-refractivity contribution is 0.0862. The molecule has 0 radical (unpaired) electrons. The van der Waals surface area contributed by atoms with Crippen LogP contribution in [-0.2, 0) is 17.8 Å². The number of ether oxygens (including phenoxy) is 1. The molecule has 1 heterocycles. The van der Waals surface area contributed by atoms with Crippen LogP contribution in [0, 0.1) is 0 Å². The third kappa shape index (κ3) is 4.85. The van der Waals surface area contributed by atoms with Crippen molar-refractivity contribution in [2.45, 2.75) is 25.2 Å². The van der Waals surface area contributed by atoms with Gasteiger partial charge in [-0.15, -0.1) is 0 Å². The Hall–Kier alpha value is -3.64. The van der Waals surface area contributed by atoms with Crippen LogP contribution in [-0.4, -0.2) is 22.2 Å². The number of aromatic nitrogens is 1. The summed E-state index contributed by atoms with van der Waals surface area (Å²) in [6, 6.07) is 25.6. The number of alkyl carbamates (subject to hydrolysis) is 1. The van der Waals surface area contributed by atoms with Gasteiger partial charge in [-0.25, -0.2) is 9.78 Å². The zero-order valence-corrected chi connectivity index (χ0v) is 16.3. The molecule has 0 aliphatic heterocycles. The number of hydrogen-bond acceptors (Lipinski definition) is 5. The van der Waals surface area contributed by atoms with Crippen LogP contribution in [0.5, 0.6) is 0 Å². The molecule has 3 aromatic carbocycles. The number of fused-ring (bicyclic) bond motifs is 1. The molecular weight excluding hydrogens is 380 g/mol. The Balaban J connectivity index is 1.50. The predicted molar refractivity (Wildman–Crippen MR) is 113 cm³/mol. The van der Waals surface area contributed by atoms with E-state index < -0.39 is 18.2 Å². The number of aliphatic hydroxyl groups is 1. The van der Waals surface area contributed by atoms with Gasteiger partial charge in [-0.3, -0.25) is 0 Å². The summed E-state index contributed by atoms with van der Waals surface area (Å²) in [6.45, 7) is 0.143. The Morgan fingerprint density at radius 1 is 0.933 bits per heavy atom. The van der Waals surface area contributed by atoms with E-state index in [-0.39, 0.29) is 12.5 Å². The van der Waals surface area contributed by atoms with Gasteiger partial charge in [0.05, 0.1) is 6.04 Å². The molecule has 2 unspecified atom stereocenters. The van der Waals surface area contributed by atoms with E-state index >= 15 is 0 Å². The number of hydrogen-bond donors (Lipinski definition) is 2. The number of benzene rings is 3. The summed E-state index contributed by atoms with van der Waals surface area (Å²) < 4.78 is 11.0. The van der Waals surface area contributed by atoms with Crippen molar-refractivity contribution < 1.29 is 19.1 Å². The molecule has 2 N–H and O–H groups in total. The monoisotopic (exact) mass is 402 g/mol. The first-order valence-electron chi connectivity index (χ1n) is 9.74. The van der Waals surface area contributed by atoms with Crippen molar-refractivity contribution in [1.29, 1.82) is 0 Å². The Morgan fingerprint density at radius 2 is 1.57 bits per heavy atom. The van der Waals surface area contributed by atoms with E-state index in [9.17, 15) is 9.90 Å². The fourth-order valence-electron chi connectivity index (χ4n) is 3.21. The Bertz CT molecular complexity index is 1060. The number of oxazole rings is 1. The molecule has 4 aromatic rings. The van der Waals surface area contributed by atoms with Crippen LogP contribution in [0.4, 0.5) is 4.79 Å². The third-order valence-electron chi connectivity index (χ3n) is 4.76. The van der Waals surface area contributed by atoms with Crippen molar-refractivity contribution in [2.24, 2.45) is 0 Å². The maximum absolute atomic E-state index is 12.4. The lowest BCUT2D eigenvalue weighted by atomic mass is 10.0. The van der Waals surface area contributed by atoms with Crippen molar-refractivity contribution in [3.8, 4) is 0 Å². The highest BCUT2D eigenvalue weighted by Crippen LogP contribution is 2.24. The smallest absolute Gasteiger partial charge is 0.407 e. The van der Waals surface area contributed by atoms with E-state index in [2.05, 4.69) is 10.3 Å². The van der Waals surface area contributed by atoms with Crippen LogP contribution in [0.2, 0.25) is 0 Å². The van der Waals surface area contributed by atoms with Crippen molar-refractivity contribution in [2.75, 3.05) is 0 Å². The molecule has 0 saturated heterocycles. The summed E-state index contributed by atoms with van der Waals surface area (Å²) in [6.07, 6.45) is -1.36. The van der Waals surface area contributed by atoms with Crippen molar-refractivity contribution >= 4 is 17.2 Å². The topological polar surface area (TPSA) is 84.6 Å². The third-order valence-corrected chi connectivity index (χ3v) is 4.76. The van der Waals surface area contributed by atoms with Gasteiger partial charge in [0, 0.05) is 0 Å². The van der Waals surface area contributed by atoms with Gasteiger partial charge in [0.15, 0.2) is 11.7 Å². The highest BCUT2D eigenvalue weighted by atomic mass is 16.5. The molecule has 6 nitrogen and oxygen atoms in total. The van der Waals surface area contributed by atoms with E-state index in [1.807, 2.05) is 78.9 Å². The van der Waals surface area contributed by atoms with Crippen LogP contribution in [0.25, 0.3) is 11.1 Å². The van der Waals surface area contributed by atoms with Gasteiger partial charge in [0.1, 0.15) is 12.1 Å². The molecule has 152 valence electrons. The van der Waals surface area contributed by atoms with Crippen LogP contribution >= 0.6 is 0 Å². The first-order valence-corrected chi connectivity index (χ1v) is 9.74. The molecule has 0 bridgehead atoms. The maximum Gasteiger partial charge on any atom is 0.407 e. The second kappa shape index (κ2) is 9.24. The van der Waals surface area contributed by atoms with Gasteiger partial charge in [-0.1, -0.05) is 72.8 Å². The van der Waals surface area contributed by atoms with Gasteiger partial charge < -0.3 is 19.6 Å². The molecule has 1 aromatic heterocycles. The van der Waals surface area contributed by atoms with Crippen molar-refractivity contribution in [3.05, 3.63) is 102 Å². The zero-order valence-electron chi connectivity index (χ0n) is 16.3. The van der Waals surface area contributed by atoms with Crippen LogP contribution < -0.4 is 5.32 Å². The van der Waals surface area contributed by atoms with E-state index in [1.54, 1.807) is 6.07 Å². The summed E-state index contributed by atoms with van der Waals surface area (Å²) in [5.41, 5.74) is 3.07. The van der Waals surface area contributed by atoms with Crippen LogP contribution in [0.3, 0.4) is 0 Å². The normalized spacial score (nSPS) is 13.0. The Morgan fingerprint density at radius 3 is 2.27 bits per heavy atom. The fourth-order valence-corrected chi connectivity index (χ4v) is 3.21. The SMILES string of the molecule is O=C(NC(Cc1ccccc1)C(O)c1nc2ccccc2o1)OCc1ccccc1. The van der Waals surface area contributed by atoms with Crippen molar-refractivity contribution in [1.82, 2.24) is 10.3 Å². The molecule has 0 aliphatic carbocycles. The highest BCUT2D eigenvalue weighted by molar-refractivity contribution is 5.72. The zero-order chi connectivity index (χ0) is 20.8. The standard InChI is InChI=1S/C24H22N2O4/c27-22(23-25-19-13-7-8-14-21(19)30-23)20(15-17-9-3-1-4-10-17)26-24(28)29-16-18-11-5-2-6-12-18/h1-14,20,22,27H,15-16H2,(H,26,28). The maximum atomic E-state index is 12.4. The number of aliphatic hydroxyl groups excluding tert-OH is 1. The predicted octanol–water partition coefficient (Wildman–Crippen LogP) is 4.40. The number of carbonyl (C=O) groups is 1. The first-order chi connectivity index (χ1) is 14.7. The van der Waals surface area contributed by atoms with Gasteiger partial charge in [0.2, 0.25) is 5.89 Å². The van der Waals surface area contributed by atoms with Gasteiger partial charge >= 0.3 is 6.09 Å². The molecule has 0 aliphatic rings. The number of para-hydroxylation sites is 2. The van der Waals surface area contributed by atoms with E-state index in [0.29, 0.717) is 17.5 Å². The van der Waals surface area contributed by atoms with Gasteiger partial charge in [-0.05, 0) is 29.7 Å². The quantitative estimate of drug-likeness (QED) is 0.479. The number of amides is 1. The van der Waals surface area contributed by atoms with Crippen LogP contribution in [0.1, 0.15) is 23.1 Å². The average molecular weight is 402 g/mol. The van der Waals surface area contributed by atoms with Gasteiger partial charge in [-0.2, -0.15) is 0 Å². The number of rotatable bonds is 7. The second-order valence-corrected chi connectivity index (χ2v) is 6.97. The van der Waals surface area contributed by atoms with E-state index in [1.165, 1.54) is 0 Å². The summed E-state index contributed by atoms with van der Waals surface area (Å²) in [4.78, 5) is 16.8. The number of nitrogens with one attached hydrogen (secondary N) is 1.